The molecule has 0 fully saturated rings. The summed E-state index contributed by atoms with van der Waals surface area (Å²) in [6, 6.07) is 3.28. The van der Waals surface area contributed by atoms with Crippen LogP contribution in [-0.2, 0) is 19.1 Å². The molecule has 1 heterocycles. The molecule has 2 amide bonds. The van der Waals surface area contributed by atoms with E-state index in [0.717, 1.165) is 0 Å². The summed E-state index contributed by atoms with van der Waals surface area (Å²) in [6.07, 6.45) is 2.43. The van der Waals surface area contributed by atoms with E-state index in [1.165, 1.54) is 20.4 Å². The molecule has 0 unspecified atom stereocenters. The molecule has 18 heavy (non-hydrogen) atoms. The van der Waals surface area contributed by atoms with Crippen LogP contribution in [0.25, 0.3) is 0 Å². The van der Waals surface area contributed by atoms with Crippen LogP contribution in [0.5, 0.6) is 0 Å². The third-order valence-electron chi connectivity index (χ3n) is 2.08. The minimum Gasteiger partial charge on any atom is -0.354 e. The molecule has 1 aromatic rings. The van der Waals surface area contributed by atoms with Gasteiger partial charge < -0.3 is 20.1 Å². The van der Waals surface area contributed by atoms with Gasteiger partial charge in [-0.1, -0.05) is 0 Å². The molecule has 0 aliphatic rings. The molecule has 0 aromatic carbocycles. The van der Waals surface area contributed by atoms with Crippen LogP contribution in [0, 0.1) is 0 Å². The second kappa shape index (κ2) is 7.36. The Hall–Kier alpha value is -1.99. The lowest BCUT2D eigenvalue weighted by molar-refractivity contribution is -0.139. The SMILES string of the molecule is COC(CNC(=O)C(=O)Nc1cccnc1)OC. The van der Waals surface area contributed by atoms with Crippen LogP contribution in [0.15, 0.2) is 24.5 Å². The summed E-state index contributed by atoms with van der Waals surface area (Å²) in [5.74, 6) is -1.54. The van der Waals surface area contributed by atoms with Gasteiger partial charge in [-0.2, -0.15) is 0 Å². The molecule has 7 heteroatoms. The lowest BCUT2D eigenvalue weighted by Crippen LogP contribution is -2.40. The topological polar surface area (TPSA) is 89.5 Å². The van der Waals surface area contributed by atoms with E-state index in [-0.39, 0.29) is 6.54 Å². The Kier molecular flexibility index (Phi) is 5.75. The van der Waals surface area contributed by atoms with Gasteiger partial charge in [-0.25, -0.2) is 0 Å². The van der Waals surface area contributed by atoms with E-state index in [1.807, 2.05) is 0 Å². The van der Waals surface area contributed by atoms with Gasteiger partial charge in [0.2, 0.25) is 0 Å². The molecule has 0 saturated carbocycles. The molecular formula is C11H15N3O4. The molecule has 0 aliphatic heterocycles. The fraction of sp³-hybridized carbons (Fsp3) is 0.364. The lowest BCUT2D eigenvalue weighted by Gasteiger charge is -2.13. The second-order valence-corrected chi connectivity index (χ2v) is 3.31. The molecule has 1 rings (SSSR count). The molecular weight excluding hydrogens is 238 g/mol. The van der Waals surface area contributed by atoms with Crippen LogP contribution in [0.1, 0.15) is 0 Å². The van der Waals surface area contributed by atoms with Gasteiger partial charge in [-0.3, -0.25) is 14.6 Å². The Labute approximate surface area is 104 Å². The molecule has 2 N–H and O–H groups in total. The fourth-order valence-electron chi connectivity index (χ4n) is 1.14. The number of ether oxygens (including phenoxy) is 2. The summed E-state index contributed by atoms with van der Waals surface area (Å²) >= 11 is 0. The quantitative estimate of drug-likeness (QED) is 0.558. The highest BCUT2D eigenvalue weighted by Gasteiger charge is 2.15. The van der Waals surface area contributed by atoms with Crippen LogP contribution in [0.3, 0.4) is 0 Å². The van der Waals surface area contributed by atoms with Gasteiger partial charge >= 0.3 is 11.8 Å². The number of rotatable bonds is 5. The number of amides is 2. The number of nitrogens with one attached hydrogen (secondary N) is 2. The number of hydrogen-bond donors (Lipinski definition) is 2. The number of carbonyl (C=O) groups excluding carboxylic acids is 2. The van der Waals surface area contributed by atoms with Gasteiger partial charge in [0.1, 0.15) is 0 Å². The zero-order valence-electron chi connectivity index (χ0n) is 10.2. The maximum absolute atomic E-state index is 11.5. The number of hydrogen-bond acceptors (Lipinski definition) is 5. The number of nitrogens with zero attached hydrogens (tertiary/aromatic N) is 1. The summed E-state index contributed by atoms with van der Waals surface area (Å²) in [6.45, 7) is 0.0896. The van der Waals surface area contributed by atoms with Crippen molar-refractivity contribution in [3.63, 3.8) is 0 Å². The van der Waals surface area contributed by atoms with Crippen molar-refractivity contribution in [2.24, 2.45) is 0 Å². The monoisotopic (exact) mass is 253 g/mol. The van der Waals surface area contributed by atoms with Crippen molar-refractivity contribution in [1.82, 2.24) is 10.3 Å². The molecule has 0 radical (unpaired) electrons. The highest BCUT2D eigenvalue weighted by molar-refractivity contribution is 6.39. The predicted molar refractivity (Wildman–Crippen MR) is 63.7 cm³/mol. The smallest absolute Gasteiger partial charge is 0.313 e. The van der Waals surface area contributed by atoms with E-state index in [4.69, 9.17) is 9.47 Å². The summed E-state index contributed by atoms with van der Waals surface area (Å²) in [5.41, 5.74) is 0.452. The molecule has 0 spiro atoms. The highest BCUT2D eigenvalue weighted by atomic mass is 16.7. The minimum atomic E-state index is -0.769. The van der Waals surface area contributed by atoms with Crippen molar-refractivity contribution in [3.05, 3.63) is 24.5 Å². The van der Waals surface area contributed by atoms with Gasteiger partial charge in [0.05, 0.1) is 18.4 Å². The summed E-state index contributed by atoms with van der Waals surface area (Å²) < 4.78 is 9.74. The maximum atomic E-state index is 11.5. The molecule has 7 nitrogen and oxygen atoms in total. The van der Waals surface area contributed by atoms with Gasteiger partial charge in [0.25, 0.3) is 0 Å². The molecule has 0 aliphatic carbocycles. The number of methoxy groups -OCH3 is 2. The fourth-order valence-corrected chi connectivity index (χ4v) is 1.14. The van der Waals surface area contributed by atoms with Crippen LogP contribution in [0.2, 0.25) is 0 Å². The largest absolute Gasteiger partial charge is 0.354 e. The highest BCUT2D eigenvalue weighted by Crippen LogP contribution is 2.01. The van der Waals surface area contributed by atoms with Gasteiger partial charge in [0, 0.05) is 20.4 Å². The Morgan fingerprint density at radius 3 is 2.61 bits per heavy atom. The minimum absolute atomic E-state index is 0.0896. The van der Waals surface area contributed by atoms with Crippen molar-refractivity contribution >= 4 is 17.5 Å². The van der Waals surface area contributed by atoms with Crippen molar-refractivity contribution in [3.8, 4) is 0 Å². The number of aromatic nitrogens is 1. The van der Waals surface area contributed by atoms with Crippen molar-refractivity contribution in [2.45, 2.75) is 6.29 Å². The Balaban J connectivity index is 2.40. The van der Waals surface area contributed by atoms with E-state index < -0.39 is 18.1 Å². The summed E-state index contributed by atoms with van der Waals surface area (Å²) in [5, 5.41) is 4.79. The van der Waals surface area contributed by atoms with Crippen LogP contribution >= 0.6 is 0 Å². The van der Waals surface area contributed by atoms with Crippen LogP contribution in [-0.4, -0.2) is 43.9 Å². The predicted octanol–water partition coefficient (Wildman–Crippen LogP) is -0.245. The van der Waals surface area contributed by atoms with Crippen LogP contribution < -0.4 is 10.6 Å². The van der Waals surface area contributed by atoms with Crippen molar-refractivity contribution in [1.29, 1.82) is 0 Å². The average Bonchev–Trinajstić information content (AvgIpc) is 2.40. The maximum Gasteiger partial charge on any atom is 0.313 e. The summed E-state index contributed by atoms with van der Waals surface area (Å²) in [4.78, 5) is 26.7. The van der Waals surface area contributed by atoms with Gasteiger partial charge in [-0.05, 0) is 12.1 Å². The van der Waals surface area contributed by atoms with E-state index in [1.54, 1.807) is 18.3 Å². The first kappa shape index (κ1) is 14.1. The first-order chi connectivity index (χ1) is 8.67. The lowest BCUT2D eigenvalue weighted by atomic mass is 10.4. The standard InChI is InChI=1S/C11H15N3O4/c1-17-9(18-2)7-13-10(15)11(16)14-8-4-3-5-12-6-8/h3-6,9H,7H2,1-2H3,(H,13,15)(H,14,16). The zero-order chi connectivity index (χ0) is 13.4. The van der Waals surface area contributed by atoms with Crippen molar-refractivity contribution in [2.75, 3.05) is 26.1 Å². The zero-order valence-corrected chi connectivity index (χ0v) is 10.2. The van der Waals surface area contributed by atoms with E-state index in [2.05, 4.69) is 15.6 Å². The molecule has 0 atom stereocenters. The van der Waals surface area contributed by atoms with Crippen molar-refractivity contribution < 1.29 is 19.1 Å². The number of anilines is 1. The van der Waals surface area contributed by atoms with E-state index in [9.17, 15) is 9.59 Å². The Bertz CT molecular complexity index is 393. The Morgan fingerprint density at radius 1 is 1.33 bits per heavy atom. The third kappa shape index (κ3) is 4.48. The first-order valence-electron chi connectivity index (χ1n) is 5.22. The second-order valence-electron chi connectivity index (χ2n) is 3.31. The molecule has 1 aromatic heterocycles. The first-order valence-corrected chi connectivity index (χ1v) is 5.22. The normalized spacial score (nSPS) is 10.2. The number of pyridine rings is 1. The average molecular weight is 253 g/mol. The van der Waals surface area contributed by atoms with E-state index >= 15 is 0 Å². The summed E-state index contributed by atoms with van der Waals surface area (Å²) in [7, 11) is 2.88. The van der Waals surface area contributed by atoms with E-state index in [0.29, 0.717) is 5.69 Å². The number of carbonyl (C=O) groups is 2. The van der Waals surface area contributed by atoms with Gasteiger partial charge in [0.15, 0.2) is 6.29 Å². The molecule has 0 bridgehead atoms. The molecule has 0 saturated heterocycles. The molecule has 98 valence electrons. The third-order valence-corrected chi connectivity index (χ3v) is 2.08. The van der Waals surface area contributed by atoms with Crippen LogP contribution in [0.4, 0.5) is 5.69 Å². The Morgan fingerprint density at radius 2 is 2.06 bits per heavy atom. The van der Waals surface area contributed by atoms with Gasteiger partial charge in [-0.15, -0.1) is 0 Å².